The average Bonchev–Trinajstić information content (AvgIpc) is 2.12. The maximum absolute atomic E-state index is 9.45. The summed E-state index contributed by atoms with van der Waals surface area (Å²) in [7, 11) is 1.53. The molecule has 0 amide bonds. The summed E-state index contributed by atoms with van der Waals surface area (Å²) in [5.74, 6) is 0. The minimum Gasteiger partial charge on any atom is -0.394 e. The maximum atomic E-state index is 9.45. The normalized spacial score (nSPS) is 46.4. The van der Waals surface area contributed by atoms with Crippen LogP contribution in [0.1, 0.15) is 0 Å². The summed E-state index contributed by atoms with van der Waals surface area (Å²) in [5, 5.41) is 39.4. The second-order valence-corrected chi connectivity index (χ2v) is 3.04. The Kier molecular flexibility index (Phi) is 3.60. The number of aliphatic hydroxyl groups excluding tert-OH is 4. The highest BCUT2D eigenvalue weighted by Crippen LogP contribution is 2.18. The fraction of sp³-hybridized carbons (Fsp3) is 1.00. The van der Waals surface area contributed by atoms with Crippen molar-refractivity contribution < 1.29 is 25.2 Å². The van der Waals surface area contributed by atoms with Crippen LogP contribution in [0.4, 0.5) is 0 Å². The molecule has 1 heterocycles. The van der Waals surface area contributed by atoms with Crippen molar-refractivity contribution >= 4 is 0 Å². The first-order chi connectivity index (χ1) is 6.11. The number of hydrogen-bond acceptors (Lipinski definition) is 6. The van der Waals surface area contributed by atoms with Crippen molar-refractivity contribution in [2.24, 2.45) is 0 Å². The molecule has 1 aliphatic heterocycles. The molecule has 6 nitrogen and oxygen atoms in total. The minimum absolute atomic E-state index is 0.439. The number of ether oxygens (including phenoxy) is 1. The summed E-state index contributed by atoms with van der Waals surface area (Å²) < 4.78 is 4.85. The Hall–Kier alpha value is -0.240. The van der Waals surface area contributed by atoms with Crippen molar-refractivity contribution in [3.8, 4) is 0 Å². The molecule has 5 N–H and O–H groups in total. The molecule has 1 aliphatic rings. The second kappa shape index (κ2) is 4.32. The number of likely N-dealkylation sites (N-methyl/N-ethyl adjacent to an activating group) is 1. The van der Waals surface area contributed by atoms with Gasteiger partial charge in [0, 0.05) is 0 Å². The molecule has 1 rings (SSSR count). The third-order valence-electron chi connectivity index (χ3n) is 2.23. The van der Waals surface area contributed by atoms with Gasteiger partial charge in [-0.05, 0) is 7.05 Å². The Balaban J connectivity index is 2.66. The van der Waals surface area contributed by atoms with Crippen LogP contribution in [0.25, 0.3) is 0 Å². The number of hydrogen-bond donors (Lipinski definition) is 5. The molecule has 0 aromatic rings. The molecule has 0 aliphatic carbocycles. The summed E-state index contributed by atoms with van der Waals surface area (Å²) in [6.07, 6.45) is -4.49. The molecule has 0 aromatic carbocycles. The lowest BCUT2D eigenvalue weighted by atomic mass is 9.97. The molecule has 5 atom stereocenters. The second-order valence-electron chi connectivity index (χ2n) is 3.04. The van der Waals surface area contributed by atoms with E-state index >= 15 is 0 Å². The van der Waals surface area contributed by atoms with Gasteiger partial charge in [-0.2, -0.15) is 0 Å². The predicted molar refractivity (Wildman–Crippen MR) is 42.8 cm³/mol. The molecular formula is C7H15NO5. The van der Waals surface area contributed by atoms with E-state index in [1.807, 2.05) is 0 Å². The first kappa shape index (κ1) is 10.8. The van der Waals surface area contributed by atoms with Crippen molar-refractivity contribution in [3.05, 3.63) is 0 Å². The van der Waals surface area contributed by atoms with Gasteiger partial charge < -0.3 is 30.5 Å². The SMILES string of the molecule is CN[C@@H]1C(O)OC(CO)[C@@H](O)C1O. The molecule has 13 heavy (non-hydrogen) atoms. The van der Waals surface area contributed by atoms with Crippen LogP contribution in [-0.4, -0.2) is 64.7 Å². The Labute approximate surface area is 75.8 Å². The average molecular weight is 193 g/mol. The van der Waals surface area contributed by atoms with Crippen LogP contribution in [0.5, 0.6) is 0 Å². The summed E-state index contributed by atoms with van der Waals surface area (Å²) >= 11 is 0. The van der Waals surface area contributed by atoms with Crippen molar-refractivity contribution in [2.75, 3.05) is 13.7 Å². The van der Waals surface area contributed by atoms with E-state index in [1.54, 1.807) is 0 Å². The largest absolute Gasteiger partial charge is 0.394 e. The summed E-state index contributed by atoms with van der Waals surface area (Å²) in [6.45, 7) is -0.439. The van der Waals surface area contributed by atoms with Gasteiger partial charge in [-0.3, -0.25) is 0 Å². The van der Waals surface area contributed by atoms with Crippen LogP contribution in [0.15, 0.2) is 0 Å². The molecule has 78 valence electrons. The minimum atomic E-state index is -1.22. The Morgan fingerprint density at radius 1 is 1.23 bits per heavy atom. The fourth-order valence-electron chi connectivity index (χ4n) is 1.41. The molecular weight excluding hydrogens is 178 g/mol. The first-order valence-electron chi connectivity index (χ1n) is 4.09. The molecule has 1 saturated heterocycles. The van der Waals surface area contributed by atoms with Crippen molar-refractivity contribution in [1.82, 2.24) is 5.32 Å². The van der Waals surface area contributed by atoms with Gasteiger partial charge in [-0.1, -0.05) is 0 Å². The molecule has 0 aromatic heterocycles. The third kappa shape index (κ3) is 1.98. The highest BCUT2D eigenvalue weighted by molar-refractivity contribution is 4.91. The van der Waals surface area contributed by atoms with E-state index in [-0.39, 0.29) is 0 Å². The zero-order chi connectivity index (χ0) is 10.0. The summed E-state index contributed by atoms with van der Waals surface area (Å²) in [5.41, 5.74) is 0. The predicted octanol–water partition coefficient (Wildman–Crippen LogP) is -2.99. The van der Waals surface area contributed by atoms with Gasteiger partial charge in [0.2, 0.25) is 0 Å². The van der Waals surface area contributed by atoms with Crippen LogP contribution in [0.3, 0.4) is 0 Å². The van der Waals surface area contributed by atoms with Crippen LogP contribution in [-0.2, 0) is 4.74 Å². The van der Waals surface area contributed by atoms with Gasteiger partial charge in [0.15, 0.2) is 6.29 Å². The van der Waals surface area contributed by atoms with Gasteiger partial charge in [0.1, 0.15) is 18.3 Å². The highest BCUT2D eigenvalue weighted by Gasteiger charge is 2.42. The Morgan fingerprint density at radius 3 is 2.31 bits per heavy atom. The van der Waals surface area contributed by atoms with Gasteiger partial charge in [-0.15, -0.1) is 0 Å². The lowest BCUT2D eigenvalue weighted by molar-refractivity contribution is -0.253. The third-order valence-corrected chi connectivity index (χ3v) is 2.23. The quantitative estimate of drug-likeness (QED) is 0.320. The van der Waals surface area contributed by atoms with E-state index in [2.05, 4.69) is 5.32 Å². The summed E-state index contributed by atoms with van der Waals surface area (Å²) in [4.78, 5) is 0. The van der Waals surface area contributed by atoms with Gasteiger partial charge >= 0.3 is 0 Å². The monoisotopic (exact) mass is 193 g/mol. The highest BCUT2D eigenvalue weighted by atomic mass is 16.6. The van der Waals surface area contributed by atoms with Crippen LogP contribution >= 0.6 is 0 Å². The van der Waals surface area contributed by atoms with Crippen molar-refractivity contribution in [2.45, 2.75) is 30.6 Å². The molecule has 1 fully saturated rings. The van der Waals surface area contributed by atoms with Gasteiger partial charge in [-0.25, -0.2) is 0 Å². The fourth-order valence-corrected chi connectivity index (χ4v) is 1.41. The molecule has 0 bridgehead atoms. The van der Waals surface area contributed by atoms with Gasteiger partial charge in [0.25, 0.3) is 0 Å². The topological polar surface area (TPSA) is 102 Å². The standard InChI is InChI=1S/C7H15NO5/c1-8-4-6(11)5(10)3(2-9)13-7(4)12/h3-12H,2H2,1H3/t3?,4-,5+,6?,7?/m0/s1. The maximum Gasteiger partial charge on any atom is 0.173 e. The zero-order valence-electron chi connectivity index (χ0n) is 7.29. The van der Waals surface area contributed by atoms with E-state index in [4.69, 9.17) is 9.84 Å². The van der Waals surface area contributed by atoms with Crippen LogP contribution in [0.2, 0.25) is 0 Å². The van der Waals surface area contributed by atoms with Crippen molar-refractivity contribution in [1.29, 1.82) is 0 Å². The van der Waals surface area contributed by atoms with E-state index < -0.39 is 37.3 Å². The van der Waals surface area contributed by atoms with Gasteiger partial charge in [0.05, 0.1) is 12.6 Å². The van der Waals surface area contributed by atoms with E-state index in [0.717, 1.165) is 0 Å². The van der Waals surface area contributed by atoms with E-state index in [1.165, 1.54) is 7.05 Å². The number of aliphatic hydroxyl groups is 4. The molecule has 0 saturated carbocycles. The smallest absolute Gasteiger partial charge is 0.173 e. The zero-order valence-corrected chi connectivity index (χ0v) is 7.29. The molecule has 6 heteroatoms. The lowest BCUT2D eigenvalue weighted by Crippen LogP contribution is -2.62. The Bertz CT molecular complexity index is 167. The first-order valence-corrected chi connectivity index (χ1v) is 4.09. The summed E-state index contributed by atoms with van der Waals surface area (Å²) in [6, 6.07) is -0.738. The van der Waals surface area contributed by atoms with E-state index in [9.17, 15) is 15.3 Å². The van der Waals surface area contributed by atoms with Crippen LogP contribution < -0.4 is 5.32 Å². The lowest BCUT2D eigenvalue weighted by Gasteiger charge is -2.39. The Morgan fingerprint density at radius 2 is 1.85 bits per heavy atom. The number of nitrogens with one attached hydrogen (secondary N) is 1. The van der Waals surface area contributed by atoms with E-state index in [0.29, 0.717) is 0 Å². The number of rotatable bonds is 2. The molecule has 0 radical (unpaired) electrons. The van der Waals surface area contributed by atoms with Crippen molar-refractivity contribution in [3.63, 3.8) is 0 Å². The molecule has 0 spiro atoms. The van der Waals surface area contributed by atoms with Crippen LogP contribution in [0, 0.1) is 0 Å². The molecule has 3 unspecified atom stereocenters.